The van der Waals surface area contributed by atoms with Crippen LogP contribution in [0, 0.1) is 0 Å². The van der Waals surface area contributed by atoms with Gasteiger partial charge in [-0.2, -0.15) is 0 Å². The minimum atomic E-state index is 0.547. The van der Waals surface area contributed by atoms with E-state index >= 15 is 0 Å². The Bertz CT molecular complexity index is 253. The molecule has 0 saturated heterocycles. The molecule has 0 aliphatic rings. The average Bonchev–Trinajstić information content (AvgIpc) is 2.17. The van der Waals surface area contributed by atoms with Crippen LogP contribution in [0.25, 0.3) is 0 Å². The first-order chi connectivity index (χ1) is 5.77. The van der Waals surface area contributed by atoms with Crippen LogP contribution in [0.4, 0.5) is 0 Å². The molecule has 0 aliphatic heterocycles. The van der Waals surface area contributed by atoms with Gasteiger partial charge in [0.25, 0.3) is 4.90 Å². The van der Waals surface area contributed by atoms with Crippen molar-refractivity contribution in [2.45, 2.75) is 31.1 Å². The zero-order valence-electron chi connectivity index (χ0n) is 7.41. The molecule has 0 aromatic heterocycles. The van der Waals surface area contributed by atoms with E-state index in [1.165, 1.54) is 5.56 Å². The van der Waals surface area contributed by atoms with E-state index in [1.54, 1.807) is 0 Å². The van der Waals surface area contributed by atoms with E-state index in [0.29, 0.717) is 17.6 Å². The van der Waals surface area contributed by atoms with Crippen molar-refractivity contribution in [3.8, 4) is 0 Å². The van der Waals surface area contributed by atoms with Crippen LogP contribution in [-0.4, -0.2) is 0 Å². The van der Waals surface area contributed by atoms with Crippen LogP contribution in [-0.2, 0) is 15.9 Å². The molecule has 0 saturated carbocycles. The Hall–Kier alpha value is -0.760. The van der Waals surface area contributed by atoms with E-state index in [2.05, 4.69) is 13.8 Å². The molecular weight excluding hydrogens is 168 g/mol. The number of hydrogen-bond acceptors (Lipinski definition) is 1. The molecule has 1 rings (SSSR count). The molecule has 64 valence electrons. The molecule has 0 aliphatic carbocycles. The maximum absolute atomic E-state index is 10.4. The molecule has 0 N–H and O–H groups in total. The predicted molar refractivity (Wildman–Crippen MR) is 51.5 cm³/mol. The van der Waals surface area contributed by atoms with Crippen molar-refractivity contribution in [3.05, 3.63) is 29.8 Å². The molecule has 1 atom stereocenters. The van der Waals surface area contributed by atoms with Gasteiger partial charge < -0.3 is 0 Å². The molecular formula is C10H13OS+. The van der Waals surface area contributed by atoms with Crippen LogP contribution in [0.15, 0.2) is 29.2 Å². The number of benzene rings is 1. The van der Waals surface area contributed by atoms with Gasteiger partial charge in [0.05, 0.1) is 0 Å². The second-order valence-electron chi connectivity index (χ2n) is 2.96. The van der Waals surface area contributed by atoms with Crippen LogP contribution in [0.1, 0.15) is 31.7 Å². The first-order valence-corrected chi connectivity index (χ1v) is 4.92. The smallest absolute Gasteiger partial charge is 0.0648 e. The number of rotatable bonds is 3. The number of hydrogen-bond donors (Lipinski definition) is 0. The molecule has 1 unspecified atom stereocenters. The minimum absolute atomic E-state index is 0.547. The molecule has 2 heteroatoms. The highest BCUT2D eigenvalue weighted by Crippen LogP contribution is 2.18. The summed E-state index contributed by atoms with van der Waals surface area (Å²) in [7, 11) is 0. The molecule has 0 radical (unpaired) electrons. The fraction of sp³-hybridized carbons (Fsp3) is 0.400. The molecule has 1 nitrogen and oxygen atoms in total. The summed E-state index contributed by atoms with van der Waals surface area (Å²) in [6.45, 7) is 4.36. The summed E-state index contributed by atoms with van der Waals surface area (Å²) in [5, 5.41) is 0. The van der Waals surface area contributed by atoms with Crippen molar-refractivity contribution in [2.75, 3.05) is 0 Å². The fourth-order valence-corrected chi connectivity index (χ4v) is 1.33. The van der Waals surface area contributed by atoms with Gasteiger partial charge in [-0.3, -0.25) is 0 Å². The second kappa shape index (κ2) is 4.31. The lowest BCUT2D eigenvalue weighted by molar-refractivity contribution is 0.605. The monoisotopic (exact) mass is 181 g/mol. The van der Waals surface area contributed by atoms with Gasteiger partial charge in [-0.25, -0.2) is 0 Å². The summed E-state index contributed by atoms with van der Waals surface area (Å²) < 4.78 is 10.4. The minimum Gasteiger partial charge on any atom is -0.0648 e. The zero-order valence-corrected chi connectivity index (χ0v) is 8.23. The van der Waals surface area contributed by atoms with Crippen LogP contribution in [0.3, 0.4) is 0 Å². The molecule has 0 amide bonds. The fourth-order valence-electron chi connectivity index (χ4n) is 1.09. The van der Waals surface area contributed by atoms with Gasteiger partial charge in [-0.05, 0) is 17.9 Å². The Morgan fingerprint density at radius 3 is 2.33 bits per heavy atom. The van der Waals surface area contributed by atoms with Gasteiger partial charge in [0, 0.05) is 16.3 Å². The average molecular weight is 181 g/mol. The summed E-state index contributed by atoms with van der Waals surface area (Å²) in [5.41, 5.74) is 1.32. The van der Waals surface area contributed by atoms with Gasteiger partial charge in [0.2, 0.25) is 0 Å². The predicted octanol–water partition coefficient (Wildman–Crippen LogP) is 2.99. The topological polar surface area (TPSA) is 17.1 Å². The van der Waals surface area contributed by atoms with Crippen molar-refractivity contribution in [2.24, 2.45) is 0 Å². The normalized spacial score (nSPS) is 12.5. The lowest BCUT2D eigenvalue weighted by atomic mass is 9.99. The van der Waals surface area contributed by atoms with Crippen LogP contribution in [0.2, 0.25) is 0 Å². The van der Waals surface area contributed by atoms with Crippen LogP contribution >= 0.6 is 0 Å². The van der Waals surface area contributed by atoms with Gasteiger partial charge in [0.1, 0.15) is 0 Å². The molecule has 0 fully saturated rings. The zero-order chi connectivity index (χ0) is 8.97. The van der Waals surface area contributed by atoms with E-state index in [-0.39, 0.29) is 0 Å². The lowest BCUT2D eigenvalue weighted by Crippen LogP contribution is -1.90. The lowest BCUT2D eigenvalue weighted by Gasteiger charge is -2.06. The molecule has 12 heavy (non-hydrogen) atoms. The summed E-state index contributed by atoms with van der Waals surface area (Å²) >= 11 is 0.547. The first-order valence-electron chi connectivity index (χ1n) is 4.17. The Labute approximate surface area is 77.3 Å². The SMILES string of the molecule is CCC(C)c1ccc([S+]=O)cc1. The van der Waals surface area contributed by atoms with E-state index in [9.17, 15) is 4.21 Å². The summed E-state index contributed by atoms with van der Waals surface area (Å²) in [6, 6.07) is 7.85. The third-order valence-corrected chi connectivity index (χ3v) is 2.62. The van der Waals surface area contributed by atoms with Crippen LogP contribution in [0.5, 0.6) is 0 Å². The van der Waals surface area contributed by atoms with Gasteiger partial charge in [-0.1, -0.05) is 26.0 Å². The Morgan fingerprint density at radius 2 is 1.92 bits per heavy atom. The first kappa shape index (κ1) is 9.33. The summed E-state index contributed by atoms with van der Waals surface area (Å²) in [4.78, 5) is 0.794. The van der Waals surface area contributed by atoms with Crippen LogP contribution < -0.4 is 0 Å². The van der Waals surface area contributed by atoms with Gasteiger partial charge in [-0.15, -0.1) is 0 Å². The highest BCUT2D eigenvalue weighted by Gasteiger charge is 2.07. The van der Waals surface area contributed by atoms with Crippen molar-refractivity contribution in [1.29, 1.82) is 0 Å². The van der Waals surface area contributed by atoms with Gasteiger partial charge in [0.15, 0.2) is 0 Å². The summed E-state index contributed by atoms with van der Waals surface area (Å²) in [5.74, 6) is 0.593. The highest BCUT2D eigenvalue weighted by molar-refractivity contribution is 7.65. The maximum Gasteiger partial charge on any atom is 0.505 e. The van der Waals surface area contributed by atoms with Crippen molar-refractivity contribution in [3.63, 3.8) is 0 Å². The summed E-state index contributed by atoms with van der Waals surface area (Å²) in [6.07, 6.45) is 1.14. The Balaban J connectivity index is 2.84. The van der Waals surface area contributed by atoms with E-state index in [4.69, 9.17) is 0 Å². The van der Waals surface area contributed by atoms with E-state index < -0.39 is 0 Å². The maximum atomic E-state index is 10.4. The van der Waals surface area contributed by atoms with Crippen molar-refractivity contribution >= 4 is 11.7 Å². The van der Waals surface area contributed by atoms with Crippen molar-refractivity contribution in [1.82, 2.24) is 0 Å². The van der Waals surface area contributed by atoms with Gasteiger partial charge >= 0.3 is 11.7 Å². The largest absolute Gasteiger partial charge is 0.505 e. The van der Waals surface area contributed by atoms with Crippen molar-refractivity contribution < 1.29 is 4.21 Å². The Kier molecular flexibility index (Phi) is 3.35. The Morgan fingerprint density at radius 1 is 1.33 bits per heavy atom. The highest BCUT2D eigenvalue weighted by atomic mass is 32.1. The molecule has 1 aromatic rings. The van der Waals surface area contributed by atoms with E-state index in [0.717, 1.165) is 11.3 Å². The molecule has 1 aromatic carbocycles. The molecule has 0 bridgehead atoms. The molecule has 0 spiro atoms. The second-order valence-corrected chi connectivity index (χ2v) is 3.60. The third-order valence-electron chi connectivity index (χ3n) is 2.16. The van der Waals surface area contributed by atoms with E-state index in [1.807, 2.05) is 24.3 Å². The standard InChI is InChI=1S/C10H13OS/c1-3-8(2)9-4-6-10(12-11)7-5-9/h4-8H,3H2,1-2H3/q+1. The third kappa shape index (κ3) is 2.11. The molecule has 0 heterocycles. The quantitative estimate of drug-likeness (QED) is 0.655.